The second-order valence-electron chi connectivity index (χ2n) is 6.10. The largest absolute Gasteiger partial charge is 0.495 e. The van der Waals surface area contributed by atoms with Crippen molar-refractivity contribution in [3.05, 3.63) is 24.3 Å². The SMILES string of the molecule is CN=C(NCCCS(C)(=O)=O)N1CCN(c2ccccc2OC)CC1. The summed E-state index contributed by atoms with van der Waals surface area (Å²) in [7, 11) is 0.537. The normalized spacial score (nSPS) is 16.0. The highest BCUT2D eigenvalue weighted by molar-refractivity contribution is 7.90. The predicted molar refractivity (Wildman–Crippen MR) is 102 cm³/mol. The third-order valence-corrected chi connectivity index (χ3v) is 5.22. The molecule has 1 heterocycles. The Bertz CT molecular complexity index is 683. The van der Waals surface area contributed by atoms with Crippen LogP contribution in [0.4, 0.5) is 5.69 Å². The van der Waals surface area contributed by atoms with Gasteiger partial charge in [-0.15, -0.1) is 0 Å². The number of para-hydroxylation sites is 2. The lowest BCUT2D eigenvalue weighted by Crippen LogP contribution is -2.52. The van der Waals surface area contributed by atoms with Crippen LogP contribution in [-0.2, 0) is 9.84 Å². The number of benzene rings is 1. The molecule has 0 saturated carbocycles. The Morgan fingerprint density at radius 2 is 1.92 bits per heavy atom. The fourth-order valence-corrected chi connectivity index (χ4v) is 3.59. The second-order valence-corrected chi connectivity index (χ2v) is 8.36. The lowest BCUT2D eigenvalue weighted by atomic mass is 10.2. The molecule has 1 aromatic rings. The number of rotatable bonds is 6. The van der Waals surface area contributed by atoms with Crippen LogP contribution >= 0.6 is 0 Å². The standard InChI is InChI=1S/C17H28N4O3S/c1-18-17(19-9-6-14-25(3,22)23)21-12-10-20(11-13-21)15-7-4-5-8-16(15)24-2/h4-5,7-8H,6,9-14H2,1-3H3,(H,18,19). The molecule has 0 spiro atoms. The molecule has 0 radical (unpaired) electrons. The van der Waals surface area contributed by atoms with Gasteiger partial charge in [0.05, 0.1) is 18.6 Å². The second kappa shape index (κ2) is 8.94. The summed E-state index contributed by atoms with van der Waals surface area (Å²) in [4.78, 5) is 8.83. The van der Waals surface area contributed by atoms with Crippen LogP contribution in [0.5, 0.6) is 5.75 Å². The minimum Gasteiger partial charge on any atom is -0.495 e. The van der Waals surface area contributed by atoms with Crippen LogP contribution in [0.15, 0.2) is 29.3 Å². The summed E-state index contributed by atoms with van der Waals surface area (Å²) in [6, 6.07) is 8.05. The van der Waals surface area contributed by atoms with Crippen molar-refractivity contribution in [3.63, 3.8) is 0 Å². The molecular weight excluding hydrogens is 340 g/mol. The molecule has 1 saturated heterocycles. The molecule has 1 N–H and O–H groups in total. The van der Waals surface area contributed by atoms with E-state index in [0.29, 0.717) is 13.0 Å². The van der Waals surface area contributed by atoms with Gasteiger partial charge in [0.1, 0.15) is 15.6 Å². The molecule has 0 amide bonds. The van der Waals surface area contributed by atoms with Gasteiger partial charge in [-0.3, -0.25) is 4.99 Å². The van der Waals surface area contributed by atoms with E-state index in [-0.39, 0.29) is 5.75 Å². The molecule has 0 aromatic heterocycles. The molecule has 1 aliphatic heterocycles. The maximum absolute atomic E-state index is 11.2. The Morgan fingerprint density at radius 1 is 1.24 bits per heavy atom. The molecule has 8 heteroatoms. The van der Waals surface area contributed by atoms with Crippen molar-refractivity contribution in [2.45, 2.75) is 6.42 Å². The lowest BCUT2D eigenvalue weighted by Gasteiger charge is -2.38. The quantitative estimate of drug-likeness (QED) is 0.455. The third kappa shape index (κ3) is 5.81. The van der Waals surface area contributed by atoms with E-state index in [4.69, 9.17) is 4.74 Å². The fraction of sp³-hybridized carbons (Fsp3) is 0.588. The van der Waals surface area contributed by atoms with E-state index >= 15 is 0 Å². The predicted octanol–water partition coefficient (Wildman–Crippen LogP) is 0.827. The number of hydrogen-bond acceptors (Lipinski definition) is 5. The number of sulfone groups is 1. The zero-order valence-corrected chi connectivity index (χ0v) is 16.1. The molecule has 140 valence electrons. The minimum absolute atomic E-state index is 0.193. The number of methoxy groups -OCH3 is 1. The number of aliphatic imine (C=N–C) groups is 1. The van der Waals surface area contributed by atoms with Gasteiger partial charge in [-0.2, -0.15) is 0 Å². The van der Waals surface area contributed by atoms with Gasteiger partial charge in [0, 0.05) is 46.0 Å². The number of ether oxygens (including phenoxy) is 1. The van der Waals surface area contributed by atoms with E-state index < -0.39 is 9.84 Å². The van der Waals surface area contributed by atoms with Gasteiger partial charge < -0.3 is 19.9 Å². The van der Waals surface area contributed by atoms with E-state index in [2.05, 4.69) is 26.2 Å². The van der Waals surface area contributed by atoms with Crippen LogP contribution in [0, 0.1) is 0 Å². The summed E-state index contributed by atoms with van der Waals surface area (Å²) in [6.07, 6.45) is 1.85. The van der Waals surface area contributed by atoms with Crippen LogP contribution in [0.3, 0.4) is 0 Å². The molecule has 7 nitrogen and oxygen atoms in total. The van der Waals surface area contributed by atoms with E-state index in [0.717, 1.165) is 43.6 Å². The molecule has 0 atom stereocenters. The Morgan fingerprint density at radius 3 is 2.52 bits per heavy atom. The van der Waals surface area contributed by atoms with E-state index in [9.17, 15) is 8.42 Å². The average molecular weight is 369 g/mol. The summed E-state index contributed by atoms with van der Waals surface area (Å²) < 4.78 is 27.8. The van der Waals surface area contributed by atoms with Crippen molar-refractivity contribution in [2.75, 3.05) is 63.8 Å². The van der Waals surface area contributed by atoms with Gasteiger partial charge in [-0.1, -0.05) is 12.1 Å². The van der Waals surface area contributed by atoms with Crippen molar-refractivity contribution in [1.82, 2.24) is 10.2 Å². The molecule has 0 bridgehead atoms. The number of guanidine groups is 1. The average Bonchev–Trinajstić information content (AvgIpc) is 2.61. The zero-order valence-electron chi connectivity index (χ0n) is 15.2. The van der Waals surface area contributed by atoms with E-state index in [1.807, 2.05) is 18.2 Å². The highest BCUT2D eigenvalue weighted by atomic mass is 32.2. The molecule has 2 rings (SSSR count). The number of nitrogens with one attached hydrogen (secondary N) is 1. The summed E-state index contributed by atoms with van der Waals surface area (Å²) >= 11 is 0. The Balaban J connectivity index is 1.85. The smallest absolute Gasteiger partial charge is 0.193 e. The summed E-state index contributed by atoms with van der Waals surface area (Å²) in [5.41, 5.74) is 1.11. The van der Waals surface area contributed by atoms with Crippen LogP contribution in [0.25, 0.3) is 0 Å². The molecule has 0 unspecified atom stereocenters. The molecule has 0 aliphatic carbocycles. The summed E-state index contributed by atoms with van der Waals surface area (Å²) in [5.74, 6) is 1.91. The molecule has 1 fully saturated rings. The first-order chi connectivity index (χ1) is 11.9. The third-order valence-electron chi connectivity index (χ3n) is 4.19. The first-order valence-corrected chi connectivity index (χ1v) is 10.5. The van der Waals surface area contributed by atoms with Gasteiger partial charge >= 0.3 is 0 Å². The summed E-state index contributed by atoms with van der Waals surface area (Å²) in [6.45, 7) is 4.06. The van der Waals surface area contributed by atoms with Crippen LogP contribution in [0.2, 0.25) is 0 Å². The van der Waals surface area contributed by atoms with Crippen molar-refractivity contribution >= 4 is 21.5 Å². The minimum atomic E-state index is -2.91. The number of piperazine rings is 1. The van der Waals surface area contributed by atoms with Gasteiger partial charge in [0.25, 0.3) is 0 Å². The maximum Gasteiger partial charge on any atom is 0.193 e. The number of hydrogen-bond donors (Lipinski definition) is 1. The first kappa shape index (κ1) is 19.4. The van der Waals surface area contributed by atoms with Gasteiger partial charge in [0.2, 0.25) is 0 Å². The monoisotopic (exact) mass is 368 g/mol. The van der Waals surface area contributed by atoms with Crippen molar-refractivity contribution in [2.24, 2.45) is 4.99 Å². The van der Waals surface area contributed by atoms with Crippen molar-refractivity contribution in [3.8, 4) is 5.75 Å². The van der Waals surface area contributed by atoms with Gasteiger partial charge in [0.15, 0.2) is 5.96 Å². The molecular formula is C17H28N4O3S. The highest BCUT2D eigenvalue weighted by Gasteiger charge is 2.21. The Labute approximate surface area is 150 Å². The topological polar surface area (TPSA) is 74.2 Å². The van der Waals surface area contributed by atoms with Crippen molar-refractivity contribution in [1.29, 1.82) is 0 Å². The van der Waals surface area contributed by atoms with E-state index in [1.165, 1.54) is 6.26 Å². The van der Waals surface area contributed by atoms with Crippen LogP contribution in [-0.4, -0.2) is 78.2 Å². The summed E-state index contributed by atoms with van der Waals surface area (Å²) in [5, 5.41) is 3.26. The van der Waals surface area contributed by atoms with Crippen molar-refractivity contribution < 1.29 is 13.2 Å². The fourth-order valence-electron chi connectivity index (χ4n) is 2.92. The van der Waals surface area contributed by atoms with Gasteiger partial charge in [-0.25, -0.2) is 8.42 Å². The first-order valence-electron chi connectivity index (χ1n) is 8.46. The zero-order chi connectivity index (χ0) is 18.3. The molecule has 1 aromatic carbocycles. The Hall–Kier alpha value is -1.96. The lowest BCUT2D eigenvalue weighted by molar-refractivity contribution is 0.367. The van der Waals surface area contributed by atoms with Crippen LogP contribution in [0.1, 0.15) is 6.42 Å². The van der Waals surface area contributed by atoms with Gasteiger partial charge in [-0.05, 0) is 18.6 Å². The van der Waals surface area contributed by atoms with Crippen LogP contribution < -0.4 is 15.0 Å². The Kier molecular flexibility index (Phi) is 6.92. The number of anilines is 1. The molecule has 1 aliphatic rings. The number of nitrogens with zero attached hydrogens (tertiary/aromatic N) is 3. The highest BCUT2D eigenvalue weighted by Crippen LogP contribution is 2.28. The van der Waals surface area contributed by atoms with E-state index in [1.54, 1.807) is 14.2 Å². The molecule has 25 heavy (non-hydrogen) atoms. The maximum atomic E-state index is 11.2.